The first-order valence-electron chi connectivity index (χ1n) is 9.74. The second-order valence-electron chi connectivity index (χ2n) is 7.49. The number of anilines is 1. The van der Waals surface area contributed by atoms with Crippen LogP contribution < -0.4 is 4.90 Å². The largest absolute Gasteiger partial charge is 0.338 e. The zero-order chi connectivity index (χ0) is 18.2. The maximum atomic E-state index is 12.9. The Balaban J connectivity index is 1.35. The van der Waals surface area contributed by atoms with Gasteiger partial charge < -0.3 is 4.90 Å². The highest BCUT2D eigenvalue weighted by molar-refractivity contribution is 7.22. The number of rotatable bonds is 6. The van der Waals surface area contributed by atoms with Gasteiger partial charge in [0.05, 0.1) is 16.4 Å². The zero-order valence-electron chi connectivity index (χ0n) is 15.2. The topological polar surface area (TPSA) is 59.0 Å². The van der Waals surface area contributed by atoms with Gasteiger partial charge in [-0.3, -0.25) is 4.79 Å². The molecule has 3 heterocycles. The minimum absolute atomic E-state index is 0.0494. The van der Waals surface area contributed by atoms with Crippen LogP contribution in [0.4, 0.5) is 5.13 Å². The summed E-state index contributed by atoms with van der Waals surface area (Å²) in [6.07, 6.45) is 7.41. The third kappa shape index (κ3) is 3.34. The number of hydrogen-bond acceptors (Lipinski definition) is 6. The molecule has 1 aliphatic heterocycles. The average molecular weight is 379 g/mol. The Labute approximate surface area is 162 Å². The highest BCUT2D eigenvalue weighted by atomic mass is 32.1. The molecule has 2 aliphatic rings. The van der Waals surface area contributed by atoms with Gasteiger partial charge in [0.15, 0.2) is 16.6 Å². The smallest absolute Gasteiger partial charge is 0.188 e. The zero-order valence-corrected chi connectivity index (χ0v) is 16.0. The molecule has 1 saturated heterocycles. The molecule has 0 N–H and O–H groups in total. The quantitative estimate of drug-likeness (QED) is 0.645. The maximum Gasteiger partial charge on any atom is 0.188 e. The van der Waals surface area contributed by atoms with Gasteiger partial charge in [-0.2, -0.15) is 4.98 Å². The SMILES string of the molecule is O=C(CCc1ccccc1)[C@H]1CCCN1c1nc2ncnc(C3CC3)c2s1. The second kappa shape index (κ2) is 7.00. The summed E-state index contributed by atoms with van der Waals surface area (Å²) in [6.45, 7) is 0.897. The van der Waals surface area contributed by atoms with Crippen molar-refractivity contribution in [2.45, 2.75) is 50.5 Å². The highest BCUT2D eigenvalue weighted by Gasteiger charge is 2.34. The molecule has 2 aromatic heterocycles. The van der Waals surface area contributed by atoms with E-state index in [1.807, 2.05) is 18.2 Å². The summed E-state index contributed by atoms with van der Waals surface area (Å²) in [6, 6.07) is 10.2. The summed E-state index contributed by atoms with van der Waals surface area (Å²) < 4.78 is 1.11. The van der Waals surface area contributed by atoms with E-state index in [2.05, 4.69) is 27.0 Å². The van der Waals surface area contributed by atoms with Crippen LogP contribution in [0.1, 0.15) is 49.3 Å². The molecule has 27 heavy (non-hydrogen) atoms. The number of aromatic nitrogens is 3. The van der Waals surface area contributed by atoms with Gasteiger partial charge in [-0.1, -0.05) is 41.7 Å². The van der Waals surface area contributed by atoms with E-state index in [-0.39, 0.29) is 6.04 Å². The van der Waals surface area contributed by atoms with E-state index < -0.39 is 0 Å². The van der Waals surface area contributed by atoms with Crippen LogP contribution in [0.5, 0.6) is 0 Å². The number of fused-ring (bicyclic) bond motifs is 1. The normalized spacial score (nSPS) is 19.7. The lowest BCUT2D eigenvalue weighted by Crippen LogP contribution is -2.36. The van der Waals surface area contributed by atoms with Crippen LogP contribution >= 0.6 is 11.3 Å². The lowest BCUT2D eigenvalue weighted by molar-refractivity contribution is -0.120. The number of hydrogen-bond donors (Lipinski definition) is 0. The predicted octanol–water partition coefficient (Wildman–Crippen LogP) is 4.13. The summed E-state index contributed by atoms with van der Waals surface area (Å²) in [5, 5.41) is 0.933. The molecule has 0 amide bonds. The molecule has 5 nitrogen and oxygen atoms in total. The van der Waals surface area contributed by atoms with Crippen molar-refractivity contribution in [3.63, 3.8) is 0 Å². The summed E-state index contributed by atoms with van der Waals surface area (Å²) in [5.74, 6) is 0.898. The first-order valence-corrected chi connectivity index (χ1v) is 10.6. The number of benzene rings is 1. The van der Waals surface area contributed by atoms with Crippen molar-refractivity contribution in [3.8, 4) is 0 Å². The molecule has 1 aliphatic carbocycles. The van der Waals surface area contributed by atoms with Crippen LogP contribution in [-0.2, 0) is 11.2 Å². The molecule has 0 bridgehead atoms. The Bertz CT molecular complexity index is 967. The average Bonchev–Trinajstić information content (AvgIpc) is 3.26. The number of ketones is 1. The maximum absolute atomic E-state index is 12.9. The van der Waals surface area contributed by atoms with Crippen molar-refractivity contribution in [1.29, 1.82) is 0 Å². The van der Waals surface area contributed by atoms with Gasteiger partial charge in [-0.05, 0) is 37.7 Å². The Morgan fingerprint density at radius 3 is 2.81 bits per heavy atom. The van der Waals surface area contributed by atoms with Crippen LogP contribution in [-0.4, -0.2) is 33.3 Å². The molecule has 0 unspecified atom stereocenters. The summed E-state index contributed by atoms with van der Waals surface area (Å²) >= 11 is 1.66. The van der Waals surface area contributed by atoms with E-state index in [0.717, 1.165) is 47.0 Å². The fourth-order valence-electron chi connectivity index (χ4n) is 3.94. The summed E-state index contributed by atoms with van der Waals surface area (Å²) in [4.78, 5) is 28.7. The number of carbonyl (C=O) groups is 1. The van der Waals surface area contributed by atoms with Gasteiger partial charge in [-0.15, -0.1) is 0 Å². The molecule has 1 saturated carbocycles. The lowest BCUT2D eigenvalue weighted by Gasteiger charge is -2.22. The van der Waals surface area contributed by atoms with Crippen molar-refractivity contribution >= 4 is 32.6 Å². The fraction of sp³-hybridized carbons (Fsp3) is 0.429. The van der Waals surface area contributed by atoms with Gasteiger partial charge >= 0.3 is 0 Å². The van der Waals surface area contributed by atoms with E-state index in [9.17, 15) is 4.79 Å². The van der Waals surface area contributed by atoms with E-state index in [4.69, 9.17) is 4.98 Å². The van der Waals surface area contributed by atoms with Gasteiger partial charge in [0, 0.05) is 18.9 Å². The van der Waals surface area contributed by atoms with Gasteiger partial charge in [0.1, 0.15) is 6.33 Å². The molecule has 1 aromatic carbocycles. The van der Waals surface area contributed by atoms with Crippen molar-refractivity contribution in [2.24, 2.45) is 0 Å². The number of nitrogens with zero attached hydrogens (tertiary/aromatic N) is 4. The summed E-state index contributed by atoms with van der Waals surface area (Å²) in [5.41, 5.74) is 3.16. The van der Waals surface area contributed by atoms with Crippen LogP contribution in [0.15, 0.2) is 36.7 Å². The Hall–Kier alpha value is -2.34. The number of thiazole rings is 1. The van der Waals surface area contributed by atoms with Crippen LogP contribution in [0.2, 0.25) is 0 Å². The fourth-order valence-corrected chi connectivity index (χ4v) is 5.10. The van der Waals surface area contributed by atoms with Crippen molar-refractivity contribution in [2.75, 3.05) is 11.4 Å². The predicted molar refractivity (Wildman–Crippen MR) is 107 cm³/mol. The standard InChI is InChI=1S/C21H22N4OS/c26-17(11-8-14-5-2-1-3-6-14)16-7-4-12-25(16)21-24-20-19(27-21)18(15-9-10-15)22-13-23-20/h1-3,5-6,13,15-16H,4,7-12H2/t16-/m1/s1. The molecular formula is C21H22N4OS. The molecule has 0 spiro atoms. The third-order valence-corrected chi connectivity index (χ3v) is 6.65. The first-order chi connectivity index (χ1) is 13.3. The molecule has 5 rings (SSSR count). The van der Waals surface area contributed by atoms with Gasteiger partial charge in [-0.25, -0.2) is 9.97 Å². The molecule has 6 heteroatoms. The minimum atomic E-state index is -0.0494. The van der Waals surface area contributed by atoms with Crippen molar-refractivity contribution < 1.29 is 4.79 Å². The first kappa shape index (κ1) is 16.8. The van der Waals surface area contributed by atoms with E-state index in [0.29, 0.717) is 18.1 Å². The monoisotopic (exact) mass is 378 g/mol. The number of carbonyl (C=O) groups excluding carboxylic acids is 1. The lowest BCUT2D eigenvalue weighted by atomic mass is 10.0. The van der Waals surface area contributed by atoms with Crippen molar-refractivity contribution in [3.05, 3.63) is 47.9 Å². The second-order valence-corrected chi connectivity index (χ2v) is 8.46. The molecule has 138 valence electrons. The van der Waals surface area contributed by atoms with E-state index in [1.54, 1.807) is 17.7 Å². The number of Topliss-reactive ketones (excluding diaryl/α,β-unsaturated/α-hetero) is 1. The summed E-state index contributed by atoms with van der Waals surface area (Å²) in [7, 11) is 0. The van der Waals surface area contributed by atoms with Gasteiger partial charge in [0.2, 0.25) is 0 Å². The molecule has 0 radical (unpaired) electrons. The van der Waals surface area contributed by atoms with E-state index in [1.165, 1.54) is 18.4 Å². The van der Waals surface area contributed by atoms with Crippen LogP contribution in [0.25, 0.3) is 10.3 Å². The Morgan fingerprint density at radius 1 is 1.15 bits per heavy atom. The van der Waals surface area contributed by atoms with Gasteiger partial charge in [0.25, 0.3) is 0 Å². The number of aryl methyl sites for hydroxylation is 1. The third-order valence-electron chi connectivity index (χ3n) is 5.54. The molecule has 3 aromatic rings. The van der Waals surface area contributed by atoms with E-state index >= 15 is 0 Å². The van der Waals surface area contributed by atoms with Crippen molar-refractivity contribution in [1.82, 2.24) is 15.0 Å². The van der Waals surface area contributed by atoms with Crippen LogP contribution in [0.3, 0.4) is 0 Å². The Morgan fingerprint density at radius 2 is 2.00 bits per heavy atom. The molecule has 2 fully saturated rings. The molecular weight excluding hydrogens is 356 g/mol. The minimum Gasteiger partial charge on any atom is -0.338 e. The molecule has 1 atom stereocenters. The van der Waals surface area contributed by atoms with Crippen LogP contribution in [0, 0.1) is 0 Å². The highest BCUT2D eigenvalue weighted by Crippen LogP contribution is 2.44. The Kier molecular flexibility index (Phi) is 4.36.